The number of amides is 1. The maximum absolute atomic E-state index is 13.3. The molecule has 12 heteroatoms. The number of carbonyl (C=O) groups excluding carboxylic acids is 1. The highest BCUT2D eigenvalue weighted by Gasteiger charge is 2.53. The second-order valence-corrected chi connectivity index (χ2v) is 11.0. The average molecular weight is 493 g/mol. The normalized spacial score (nSPS) is 14.5. The van der Waals surface area contributed by atoms with E-state index in [2.05, 4.69) is 20.5 Å². The summed E-state index contributed by atoms with van der Waals surface area (Å²) in [6, 6.07) is 9.73. The minimum absolute atomic E-state index is 0.0565. The molecule has 2 N–H and O–H groups in total. The van der Waals surface area contributed by atoms with Gasteiger partial charge in [0.05, 0.1) is 17.1 Å². The van der Waals surface area contributed by atoms with E-state index in [-0.39, 0.29) is 23.7 Å². The zero-order chi connectivity index (χ0) is 25.0. The van der Waals surface area contributed by atoms with Crippen LogP contribution in [0.15, 0.2) is 41.3 Å². The zero-order valence-corrected chi connectivity index (χ0v) is 19.6. The fourth-order valence-corrected chi connectivity index (χ4v) is 5.13. The van der Waals surface area contributed by atoms with Crippen LogP contribution in [-0.2, 0) is 16.9 Å². The van der Waals surface area contributed by atoms with Crippen LogP contribution < -0.4 is 15.6 Å². The first-order valence-electron chi connectivity index (χ1n) is 10.6. The van der Waals surface area contributed by atoms with Gasteiger partial charge in [-0.05, 0) is 43.2 Å². The lowest BCUT2D eigenvalue weighted by Crippen LogP contribution is -2.29. The molecule has 3 aromatic heterocycles. The fraction of sp³-hybridized carbons (Fsp3) is 0.261. The number of aryl methyl sites for hydroxylation is 1. The van der Waals surface area contributed by atoms with Gasteiger partial charge in [-0.25, -0.2) is 13.4 Å². The topological polar surface area (TPSA) is 160 Å². The molecule has 178 valence electrons. The highest BCUT2D eigenvalue weighted by Crippen LogP contribution is 2.43. The molecule has 0 bridgehead atoms. The summed E-state index contributed by atoms with van der Waals surface area (Å²) in [5, 5.41) is 19.3. The van der Waals surface area contributed by atoms with Crippen LogP contribution in [0.2, 0.25) is 0 Å². The van der Waals surface area contributed by atoms with E-state index in [1.165, 1.54) is 41.3 Å². The molecule has 1 aliphatic rings. The molecule has 1 fully saturated rings. The lowest BCUT2D eigenvalue weighted by molar-refractivity contribution is 0.102. The van der Waals surface area contributed by atoms with Crippen LogP contribution in [0.1, 0.15) is 28.8 Å². The van der Waals surface area contributed by atoms with Gasteiger partial charge in [-0.2, -0.15) is 10.4 Å². The summed E-state index contributed by atoms with van der Waals surface area (Å²) in [7, 11) is -1.75. The van der Waals surface area contributed by atoms with Crippen LogP contribution in [-0.4, -0.2) is 51.7 Å². The number of benzene rings is 1. The number of nitrogens with zero attached hydrogens (tertiary/aromatic N) is 4. The second-order valence-electron chi connectivity index (χ2n) is 8.59. The molecule has 0 saturated heterocycles. The Labute approximate surface area is 199 Å². The fourth-order valence-electron chi connectivity index (χ4n) is 4.01. The molecule has 1 saturated carbocycles. The van der Waals surface area contributed by atoms with Crippen molar-refractivity contribution in [2.24, 2.45) is 7.05 Å². The molecule has 3 heterocycles. The highest BCUT2D eigenvalue weighted by molar-refractivity contribution is 7.92. The number of H-pyrrole nitrogens is 1. The van der Waals surface area contributed by atoms with Gasteiger partial charge >= 0.3 is 0 Å². The molecule has 11 nitrogen and oxygen atoms in total. The molecule has 0 atom stereocenters. The quantitative estimate of drug-likeness (QED) is 0.413. The van der Waals surface area contributed by atoms with E-state index in [0.717, 1.165) is 0 Å². The molecule has 0 radical (unpaired) electrons. The van der Waals surface area contributed by atoms with E-state index >= 15 is 0 Å². The van der Waals surface area contributed by atoms with Crippen LogP contribution in [0.5, 0.6) is 5.88 Å². The van der Waals surface area contributed by atoms with E-state index in [1.807, 2.05) is 6.07 Å². The molecular formula is C23H20N6O5S. The molecule has 5 rings (SSSR count). The number of sulfone groups is 1. The molecule has 1 amide bonds. The summed E-state index contributed by atoms with van der Waals surface area (Å²) in [6.07, 6.45) is 3.72. The molecule has 0 unspecified atom stereocenters. The van der Waals surface area contributed by atoms with Gasteiger partial charge in [0.25, 0.3) is 11.5 Å². The molecule has 1 aliphatic carbocycles. The van der Waals surface area contributed by atoms with E-state index in [0.29, 0.717) is 40.4 Å². The van der Waals surface area contributed by atoms with Crippen molar-refractivity contribution in [3.8, 4) is 11.9 Å². The highest BCUT2D eigenvalue weighted by atomic mass is 32.2. The number of hydrogen-bond acceptors (Lipinski definition) is 8. The van der Waals surface area contributed by atoms with E-state index in [1.54, 1.807) is 13.1 Å². The van der Waals surface area contributed by atoms with Gasteiger partial charge in [0.2, 0.25) is 5.88 Å². The third kappa shape index (κ3) is 3.70. The van der Waals surface area contributed by atoms with Crippen molar-refractivity contribution < 1.29 is 17.9 Å². The SMILES string of the molecule is Cn1c(=O)c2c(NC(=O)c3ccc(C#N)cc3)n[nH]c2c2ccnc(OCC3(S(C)(=O)=O)CC3)c21. The van der Waals surface area contributed by atoms with Crippen molar-refractivity contribution in [3.05, 3.63) is 58.0 Å². The number of fused-ring (bicyclic) bond motifs is 3. The Morgan fingerprint density at radius 1 is 1.29 bits per heavy atom. The third-order valence-corrected chi connectivity index (χ3v) is 8.45. The monoisotopic (exact) mass is 492 g/mol. The number of pyridine rings is 2. The second kappa shape index (κ2) is 7.92. The number of anilines is 1. The van der Waals surface area contributed by atoms with Crippen molar-refractivity contribution in [1.29, 1.82) is 5.26 Å². The number of hydrogen-bond donors (Lipinski definition) is 2. The number of nitriles is 1. The number of aromatic nitrogens is 4. The Hall–Kier alpha value is -4.24. The Morgan fingerprint density at radius 2 is 2.00 bits per heavy atom. The van der Waals surface area contributed by atoms with Gasteiger partial charge in [0.1, 0.15) is 22.3 Å². The number of ether oxygens (including phenoxy) is 1. The Morgan fingerprint density at radius 3 is 2.63 bits per heavy atom. The van der Waals surface area contributed by atoms with E-state index < -0.39 is 26.1 Å². The Bertz CT molecular complexity index is 1710. The largest absolute Gasteiger partial charge is 0.474 e. The van der Waals surface area contributed by atoms with Gasteiger partial charge in [-0.3, -0.25) is 14.7 Å². The van der Waals surface area contributed by atoms with Gasteiger partial charge in [-0.1, -0.05) is 0 Å². The minimum atomic E-state index is -3.30. The summed E-state index contributed by atoms with van der Waals surface area (Å²) >= 11 is 0. The average Bonchev–Trinajstić information content (AvgIpc) is 3.54. The maximum Gasteiger partial charge on any atom is 0.264 e. The summed E-state index contributed by atoms with van der Waals surface area (Å²) in [5.74, 6) is -0.291. The number of carbonyl (C=O) groups is 1. The van der Waals surface area contributed by atoms with Crippen molar-refractivity contribution in [2.45, 2.75) is 17.6 Å². The molecular weight excluding hydrogens is 472 g/mol. The van der Waals surface area contributed by atoms with Gasteiger partial charge in [0.15, 0.2) is 15.7 Å². The predicted molar refractivity (Wildman–Crippen MR) is 128 cm³/mol. The molecule has 35 heavy (non-hydrogen) atoms. The molecule has 0 spiro atoms. The molecule has 1 aromatic carbocycles. The third-order valence-electron chi connectivity index (χ3n) is 6.35. The van der Waals surface area contributed by atoms with Crippen molar-refractivity contribution >= 4 is 43.4 Å². The lowest BCUT2D eigenvalue weighted by atomic mass is 10.1. The molecule has 4 aromatic rings. The first-order valence-corrected chi connectivity index (χ1v) is 12.5. The smallest absolute Gasteiger partial charge is 0.264 e. The standard InChI is InChI=1S/C23H20N6O5S/c1-29-18-15(7-10-25-21(18)34-12-23(8-9-23)35(2,32)33)17-16(22(29)31)19(28-27-17)26-20(30)14-5-3-13(11-24)4-6-14/h3-7,10H,8-9,12H2,1-2H3,(H2,26,27,28,30). The van der Waals surface area contributed by atoms with Crippen LogP contribution in [0, 0.1) is 11.3 Å². The van der Waals surface area contributed by atoms with E-state index in [9.17, 15) is 18.0 Å². The minimum Gasteiger partial charge on any atom is -0.474 e. The van der Waals surface area contributed by atoms with Gasteiger partial charge in [-0.15, -0.1) is 0 Å². The summed E-state index contributed by atoms with van der Waals surface area (Å²) < 4.78 is 30.5. The van der Waals surface area contributed by atoms with Crippen LogP contribution in [0.4, 0.5) is 5.82 Å². The molecule has 0 aliphatic heterocycles. The number of aromatic amines is 1. The van der Waals surface area contributed by atoms with Crippen molar-refractivity contribution in [3.63, 3.8) is 0 Å². The van der Waals surface area contributed by atoms with E-state index in [4.69, 9.17) is 10.00 Å². The number of rotatable bonds is 6. The predicted octanol–water partition coefficient (Wildman–Crippen LogP) is 1.89. The van der Waals surface area contributed by atoms with Gasteiger partial charge in [0, 0.05) is 30.4 Å². The van der Waals surface area contributed by atoms with Gasteiger partial charge < -0.3 is 14.6 Å². The summed E-state index contributed by atoms with van der Waals surface area (Å²) in [5.41, 5.74) is 1.04. The maximum atomic E-state index is 13.3. The zero-order valence-electron chi connectivity index (χ0n) is 18.8. The van der Waals surface area contributed by atoms with Crippen LogP contribution >= 0.6 is 0 Å². The summed E-state index contributed by atoms with van der Waals surface area (Å²) in [4.78, 5) is 30.2. The summed E-state index contributed by atoms with van der Waals surface area (Å²) in [6.45, 7) is -0.0565. The van der Waals surface area contributed by atoms with Crippen LogP contribution in [0.3, 0.4) is 0 Å². The van der Waals surface area contributed by atoms with Crippen molar-refractivity contribution in [2.75, 3.05) is 18.2 Å². The Balaban J connectivity index is 1.53. The van der Waals surface area contributed by atoms with Crippen molar-refractivity contribution in [1.82, 2.24) is 19.7 Å². The van der Waals surface area contributed by atoms with Crippen LogP contribution in [0.25, 0.3) is 21.8 Å². The first kappa shape index (κ1) is 22.5. The number of nitrogens with one attached hydrogen (secondary N) is 2. The first-order chi connectivity index (χ1) is 16.6. The lowest BCUT2D eigenvalue weighted by Gasteiger charge is -2.16. The Kier molecular flexibility index (Phi) is 5.10.